The summed E-state index contributed by atoms with van der Waals surface area (Å²) in [5.41, 5.74) is 1.02. The van der Waals surface area contributed by atoms with E-state index in [4.69, 9.17) is 14.2 Å². The topological polar surface area (TPSA) is 65.0 Å². The van der Waals surface area contributed by atoms with Gasteiger partial charge in [-0.05, 0) is 19.4 Å². The lowest BCUT2D eigenvalue weighted by molar-refractivity contribution is -0.160. The Labute approximate surface area is 118 Å². The summed E-state index contributed by atoms with van der Waals surface area (Å²) < 4.78 is 16.4. The highest BCUT2D eigenvalue weighted by Crippen LogP contribution is 2.29. The van der Waals surface area contributed by atoms with E-state index in [2.05, 4.69) is 0 Å². The van der Waals surface area contributed by atoms with Gasteiger partial charge in [0.1, 0.15) is 18.3 Å². The maximum absolute atomic E-state index is 10.9. The maximum atomic E-state index is 10.9. The van der Waals surface area contributed by atoms with Gasteiger partial charge in [0.25, 0.3) is 0 Å². The summed E-state index contributed by atoms with van der Waals surface area (Å²) >= 11 is 0. The fraction of sp³-hybridized carbons (Fsp3) is 0.533. The van der Waals surface area contributed by atoms with Gasteiger partial charge in [0.05, 0.1) is 13.2 Å². The molecule has 5 heteroatoms. The Kier molecular flexibility index (Phi) is 4.88. The number of benzene rings is 1. The maximum Gasteiger partial charge on any atom is 0.164 e. The third kappa shape index (κ3) is 3.86. The highest BCUT2D eigenvalue weighted by molar-refractivity contribution is 5.58. The van der Waals surface area contributed by atoms with Crippen LogP contribution in [-0.2, 0) is 25.6 Å². The quantitative estimate of drug-likeness (QED) is 0.795. The minimum atomic E-state index is -0.907. The van der Waals surface area contributed by atoms with E-state index in [0.29, 0.717) is 12.9 Å². The Balaban J connectivity index is 1.82. The number of ether oxygens (including phenoxy) is 3. The van der Waals surface area contributed by atoms with Crippen LogP contribution in [-0.4, -0.2) is 42.1 Å². The lowest BCUT2D eigenvalue weighted by Crippen LogP contribution is -2.39. The molecule has 2 rings (SSSR count). The van der Waals surface area contributed by atoms with Crippen LogP contribution in [0.1, 0.15) is 19.4 Å². The molecule has 1 aliphatic heterocycles. The van der Waals surface area contributed by atoms with Crippen molar-refractivity contribution >= 4 is 6.29 Å². The van der Waals surface area contributed by atoms with Crippen LogP contribution in [0, 0.1) is 0 Å². The van der Waals surface area contributed by atoms with Crippen LogP contribution in [0.5, 0.6) is 0 Å². The van der Waals surface area contributed by atoms with E-state index in [1.165, 1.54) is 0 Å². The lowest BCUT2D eigenvalue weighted by Gasteiger charge is -2.20. The summed E-state index contributed by atoms with van der Waals surface area (Å²) in [5, 5.41) is 10.1. The summed E-state index contributed by atoms with van der Waals surface area (Å²) in [6, 6.07) is 9.67. The molecular weight excluding hydrogens is 260 g/mol. The van der Waals surface area contributed by atoms with Crippen molar-refractivity contribution in [3.63, 3.8) is 0 Å². The predicted molar refractivity (Wildman–Crippen MR) is 72.0 cm³/mol. The summed E-state index contributed by atoms with van der Waals surface area (Å²) in [6.45, 7) is 3.91. The van der Waals surface area contributed by atoms with E-state index in [0.717, 1.165) is 5.56 Å². The first kappa shape index (κ1) is 15.1. The van der Waals surface area contributed by atoms with Crippen LogP contribution in [0.25, 0.3) is 0 Å². The van der Waals surface area contributed by atoms with Gasteiger partial charge < -0.3 is 24.1 Å². The first-order valence-corrected chi connectivity index (χ1v) is 6.62. The number of hydrogen-bond donors (Lipinski definition) is 1. The molecule has 0 aromatic heterocycles. The Morgan fingerprint density at radius 2 is 2.05 bits per heavy atom. The Morgan fingerprint density at radius 3 is 2.70 bits per heavy atom. The van der Waals surface area contributed by atoms with Gasteiger partial charge in [0, 0.05) is 0 Å². The molecule has 1 aromatic carbocycles. The fourth-order valence-electron chi connectivity index (χ4n) is 2.19. The number of aldehydes is 1. The summed E-state index contributed by atoms with van der Waals surface area (Å²) in [7, 11) is 0. The van der Waals surface area contributed by atoms with Gasteiger partial charge in [-0.25, -0.2) is 0 Å². The molecule has 1 saturated heterocycles. The average Bonchev–Trinajstić information content (AvgIpc) is 2.75. The normalized spacial score (nSPS) is 26.4. The number of carbonyl (C=O) groups is 1. The molecule has 1 aliphatic rings. The van der Waals surface area contributed by atoms with Crippen molar-refractivity contribution in [1.82, 2.24) is 0 Å². The number of aliphatic hydroxyl groups is 1. The van der Waals surface area contributed by atoms with E-state index in [1.54, 1.807) is 13.8 Å². The molecule has 1 aromatic rings. The van der Waals surface area contributed by atoms with Crippen molar-refractivity contribution in [2.24, 2.45) is 0 Å². The molecule has 0 aliphatic carbocycles. The third-order valence-electron chi connectivity index (χ3n) is 3.08. The van der Waals surface area contributed by atoms with Crippen LogP contribution in [0.2, 0.25) is 0 Å². The van der Waals surface area contributed by atoms with Crippen molar-refractivity contribution < 1.29 is 24.1 Å². The lowest BCUT2D eigenvalue weighted by atomic mass is 10.1. The van der Waals surface area contributed by atoms with Crippen molar-refractivity contribution in [3.05, 3.63) is 35.9 Å². The van der Waals surface area contributed by atoms with Crippen molar-refractivity contribution in [1.29, 1.82) is 0 Å². The second kappa shape index (κ2) is 6.45. The fourth-order valence-corrected chi connectivity index (χ4v) is 2.19. The van der Waals surface area contributed by atoms with Crippen molar-refractivity contribution in [3.8, 4) is 0 Å². The zero-order chi connectivity index (χ0) is 14.6. The summed E-state index contributed by atoms with van der Waals surface area (Å²) in [4.78, 5) is 10.9. The van der Waals surface area contributed by atoms with Crippen molar-refractivity contribution in [2.45, 2.75) is 44.6 Å². The van der Waals surface area contributed by atoms with Crippen molar-refractivity contribution in [2.75, 3.05) is 6.61 Å². The van der Waals surface area contributed by atoms with Crippen LogP contribution >= 0.6 is 0 Å². The van der Waals surface area contributed by atoms with E-state index < -0.39 is 24.1 Å². The highest BCUT2D eigenvalue weighted by atomic mass is 16.8. The molecule has 0 unspecified atom stereocenters. The van der Waals surface area contributed by atoms with Gasteiger partial charge in [-0.15, -0.1) is 0 Å². The predicted octanol–water partition coefficient (Wildman–Crippen LogP) is 1.28. The molecule has 0 saturated carbocycles. The Bertz CT molecular complexity index is 431. The molecule has 1 heterocycles. The first-order valence-electron chi connectivity index (χ1n) is 6.62. The van der Waals surface area contributed by atoms with Gasteiger partial charge in [-0.1, -0.05) is 30.3 Å². The minimum absolute atomic E-state index is 0.0866. The van der Waals surface area contributed by atoms with E-state index in [1.807, 2.05) is 30.3 Å². The monoisotopic (exact) mass is 280 g/mol. The molecule has 0 bridgehead atoms. The molecule has 110 valence electrons. The molecule has 3 atom stereocenters. The molecule has 20 heavy (non-hydrogen) atoms. The Hall–Kier alpha value is -1.27. The van der Waals surface area contributed by atoms with Crippen LogP contribution < -0.4 is 0 Å². The number of aliphatic hydroxyl groups excluding tert-OH is 1. The highest BCUT2D eigenvalue weighted by Gasteiger charge is 2.44. The smallest absolute Gasteiger partial charge is 0.164 e. The number of hydrogen-bond acceptors (Lipinski definition) is 5. The van der Waals surface area contributed by atoms with Gasteiger partial charge in [0.2, 0.25) is 0 Å². The summed E-state index contributed by atoms with van der Waals surface area (Å²) in [6.07, 6.45) is -1.71. The Morgan fingerprint density at radius 1 is 1.35 bits per heavy atom. The number of carbonyl (C=O) groups excluding carboxylic acids is 1. The third-order valence-corrected chi connectivity index (χ3v) is 3.08. The molecule has 1 N–H and O–H groups in total. The largest absolute Gasteiger partial charge is 0.388 e. The van der Waals surface area contributed by atoms with Crippen LogP contribution in [0.4, 0.5) is 0 Å². The zero-order valence-corrected chi connectivity index (χ0v) is 11.7. The molecule has 0 amide bonds. The van der Waals surface area contributed by atoms with E-state index in [9.17, 15) is 9.90 Å². The first-order chi connectivity index (χ1) is 9.52. The second-order valence-electron chi connectivity index (χ2n) is 5.27. The minimum Gasteiger partial charge on any atom is -0.388 e. The molecule has 5 nitrogen and oxygen atoms in total. The molecule has 0 spiro atoms. The summed E-state index contributed by atoms with van der Waals surface area (Å²) in [5.74, 6) is -0.864. The molecule has 1 fully saturated rings. The van der Waals surface area contributed by atoms with E-state index >= 15 is 0 Å². The standard InChI is InChI=1S/C15H20O5/c1-15(2)19-13(8-16)14(20-15)12(17)10-18-9-11-6-4-3-5-7-11/h3-8,12-14,17H,9-10H2,1-2H3/t12-,13+,14-/m1/s1. The van der Waals surface area contributed by atoms with Crippen LogP contribution in [0.3, 0.4) is 0 Å². The van der Waals surface area contributed by atoms with Gasteiger partial charge >= 0.3 is 0 Å². The zero-order valence-electron chi connectivity index (χ0n) is 11.7. The second-order valence-corrected chi connectivity index (χ2v) is 5.27. The molecule has 0 radical (unpaired) electrons. The SMILES string of the molecule is CC1(C)O[C@H]([C@H](O)COCc2ccccc2)[C@H](C=O)O1. The van der Waals surface area contributed by atoms with Crippen LogP contribution in [0.15, 0.2) is 30.3 Å². The van der Waals surface area contributed by atoms with Gasteiger partial charge in [0.15, 0.2) is 12.1 Å². The van der Waals surface area contributed by atoms with Gasteiger partial charge in [-0.2, -0.15) is 0 Å². The molecular formula is C15H20O5. The van der Waals surface area contributed by atoms with Gasteiger partial charge in [-0.3, -0.25) is 0 Å². The number of rotatable bonds is 6. The van der Waals surface area contributed by atoms with E-state index in [-0.39, 0.29) is 6.61 Å². The average molecular weight is 280 g/mol.